The molecule has 1 saturated carbocycles. The minimum Gasteiger partial charge on any atom is -0.198 e. The number of nitriles is 1. The highest BCUT2D eigenvalue weighted by atomic mass is 14.4. The van der Waals surface area contributed by atoms with Crippen LogP contribution in [-0.4, -0.2) is 0 Å². The van der Waals surface area contributed by atoms with Gasteiger partial charge in [0.1, 0.15) is 0 Å². The van der Waals surface area contributed by atoms with Gasteiger partial charge < -0.3 is 0 Å². The van der Waals surface area contributed by atoms with Crippen LogP contribution >= 0.6 is 0 Å². The average Bonchev–Trinajstić information content (AvgIpc) is 1.65. The van der Waals surface area contributed by atoms with Crippen LogP contribution in [0, 0.1) is 23.2 Å². The Morgan fingerprint density at radius 2 is 2.29 bits per heavy atom. The van der Waals surface area contributed by atoms with Crippen molar-refractivity contribution in [2.45, 2.75) is 19.8 Å². The maximum Gasteiger partial charge on any atom is 0.0658 e. The highest BCUT2D eigenvalue weighted by Crippen LogP contribution is 2.32. The van der Waals surface area contributed by atoms with Gasteiger partial charge in [0.05, 0.1) is 6.07 Å². The first-order valence-electron chi connectivity index (χ1n) is 2.74. The molecule has 1 aliphatic carbocycles. The summed E-state index contributed by atoms with van der Waals surface area (Å²) in [6, 6.07) is 2.25. The molecule has 1 fully saturated rings. The first-order chi connectivity index (χ1) is 3.34. The summed E-state index contributed by atoms with van der Waals surface area (Å²) in [7, 11) is 0. The molecular weight excluding hydrogens is 86.1 g/mol. The molecule has 38 valence electrons. The van der Waals surface area contributed by atoms with Crippen molar-refractivity contribution in [3.05, 3.63) is 0 Å². The van der Waals surface area contributed by atoms with Crippen LogP contribution in [0.5, 0.6) is 0 Å². The first kappa shape index (κ1) is 4.64. The van der Waals surface area contributed by atoms with Crippen molar-refractivity contribution < 1.29 is 0 Å². The molecule has 2 atom stereocenters. The molecule has 1 rings (SSSR count). The van der Waals surface area contributed by atoms with Gasteiger partial charge in [-0.25, -0.2) is 0 Å². The summed E-state index contributed by atoms with van der Waals surface area (Å²) in [5.74, 6) is 1.07. The van der Waals surface area contributed by atoms with Crippen LogP contribution in [0.1, 0.15) is 19.8 Å². The molecule has 1 heteroatoms. The van der Waals surface area contributed by atoms with E-state index in [0.717, 1.165) is 6.42 Å². The molecule has 0 aromatic carbocycles. The molecule has 0 N–H and O–H groups in total. The van der Waals surface area contributed by atoms with Gasteiger partial charge in [0.15, 0.2) is 0 Å². The first-order valence-corrected chi connectivity index (χ1v) is 2.74. The van der Waals surface area contributed by atoms with Gasteiger partial charge in [-0.1, -0.05) is 6.92 Å². The third kappa shape index (κ3) is 0.608. The van der Waals surface area contributed by atoms with E-state index in [1.54, 1.807) is 0 Å². The highest BCUT2D eigenvalue weighted by Gasteiger charge is 2.25. The van der Waals surface area contributed by atoms with Gasteiger partial charge in [0.25, 0.3) is 0 Å². The normalized spacial score (nSPS) is 38.9. The summed E-state index contributed by atoms with van der Waals surface area (Å²) in [6.07, 6.45) is 2.40. The Hall–Kier alpha value is -0.510. The van der Waals surface area contributed by atoms with E-state index in [-0.39, 0.29) is 0 Å². The monoisotopic (exact) mass is 95.1 g/mol. The van der Waals surface area contributed by atoms with Crippen LogP contribution in [0.2, 0.25) is 0 Å². The molecule has 0 heterocycles. The maximum atomic E-state index is 8.31. The Morgan fingerprint density at radius 1 is 1.57 bits per heavy atom. The second-order valence-corrected chi connectivity index (χ2v) is 2.29. The maximum absolute atomic E-state index is 8.31. The van der Waals surface area contributed by atoms with Gasteiger partial charge in [-0.15, -0.1) is 0 Å². The second-order valence-electron chi connectivity index (χ2n) is 2.29. The summed E-state index contributed by atoms with van der Waals surface area (Å²) in [4.78, 5) is 0. The summed E-state index contributed by atoms with van der Waals surface area (Å²) in [5.41, 5.74) is 0. The van der Waals surface area contributed by atoms with Crippen LogP contribution < -0.4 is 0 Å². The quantitative estimate of drug-likeness (QED) is 0.448. The minimum atomic E-state index is 0.389. The van der Waals surface area contributed by atoms with E-state index in [1.807, 2.05) is 0 Å². The van der Waals surface area contributed by atoms with Gasteiger partial charge in [-0.05, 0) is 18.8 Å². The average molecular weight is 95.1 g/mol. The Morgan fingerprint density at radius 3 is 2.29 bits per heavy atom. The molecule has 0 radical (unpaired) electrons. The van der Waals surface area contributed by atoms with Crippen LogP contribution in [0.3, 0.4) is 0 Å². The Balaban J connectivity index is 2.33. The van der Waals surface area contributed by atoms with E-state index < -0.39 is 0 Å². The molecule has 0 aliphatic heterocycles. The SMILES string of the molecule is C[C@@H]1CC[C@H]1C#N. The van der Waals surface area contributed by atoms with Gasteiger partial charge in [0.2, 0.25) is 0 Å². The molecule has 0 unspecified atom stereocenters. The van der Waals surface area contributed by atoms with Crippen molar-refractivity contribution in [2.24, 2.45) is 11.8 Å². The number of hydrogen-bond acceptors (Lipinski definition) is 1. The zero-order valence-electron chi connectivity index (χ0n) is 4.52. The molecule has 0 amide bonds. The fourth-order valence-corrected chi connectivity index (χ4v) is 0.858. The summed E-state index contributed by atoms with van der Waals surface area (Å²) < 4.78 is 0. The lowest BCUT2D eigenvalue weighted by molar-refractivity contribution is 0.259. The zero-order valence-corrected chi connectivity index (χ0v) is 4.52. The lowest BCUT2D eigenvalue weighted by Crippen LogP contribution is -2.20. The van der Waals surface area contributed by atoms with E-state index in [0.29, 0.717) is 11.8 Å². The molecule has 0 spiro atoms. The predicted octanol–water partition coefficient (Wildman–Crippen LogP) is 1.56. The van der Waals surface area contributed by atoms with Crippen LogP contribution in [-0.2, 0) is 0 Å². The molecule has 0 saturated heterocycles. The molecule has 1 nitrogen and oxygen atoms in total. The van der Waals surface area contributed by atoms with Crippen molar-refractivity contribution >= 4 is 0 Å². The van der Waals surface area contributed by atoms with Crippen LogP contribution in [0.4, 0.5) is 0 Å². The Labute approximate surface area is 44.0 Å². The molecule has 7 heavy (non-hydrogen) atoms. The third-order valence-corrected chi connectivity index (χ3v) is 1.79. The highest BCUT2D eigenvalue weighted by molar-refractivity contribution is 4.93. The summed E-state index contributed by atoms with van der Waals surface area (Å²) in [5, 5.41) is 8.31. The van der Waals surface area contributed by atoms with E-state index in [1.165, 1.54) is 6.42 Å². The molecule has 0 aromatic heterocycles. The van der Waals surface area contributed by atoms with E-state index in [4.69, 9.17) is 5.26 Å². The zero-order chi connectivity index (χ0) is 5.28. The lowest BCUT2D eigenvalue weighted by Gasteiger charge is -2.26. The van der Waals surface area contributed by atoms with Gasteiger partial charge in [-0.2, -0.15) is 5.26 Å². The lowest BCUT2D eigenvalue weighted by atomic mass is 9.76. The summed E-state index contributed by atoms with van der Waals surface area (Å²) >= 11 is 0. The van der Waals surface area contributed by atoms with Crippen molar-refractivity contribution in [2.75, 3.05) is 0 Å². The van der Waals surface area contributed by atoms with Gasteiger partial charge in [0, 0.05) is 5.92 Å². The van der Waals surface area contributed by atoms with Crippen molar-refractivity contribution in [3.63, 3.8) is 0 Å². The third-order valence-electron chi connectivity index (χ3n) is 1.79. The van der Waals surface area contributed by atoms with Gasteiger partial charge >= 0.3 is 0 Å². The minimum absolute atomic E-state index is 0.389. The molecular formula is C6H9N. The second kappa shape index (κ2) is 1.54. The Bertz CT molecular complexity index is 101. The molecule has 1 aliphatic rings. The van der Waals surface area contributed by atoms with Crippen molar-refractivity contribution in [3.8, 4) is 6.07 Å². The van der Waals surface area contributed by atoms with Gasteiger partial charge in [-0.3, -0.25) is 0 Å². The molecule has 0 bridgehead atoms. The smallest absolute Gasteiger partial charge is 0.0658 e. The van der Waals surface area contributed by atoms with E-state index >= 15 is 0 Å². The summed E-state index contributed by atoms with van der Waals surface area (Å²) in [6.45, 7) is 2.14. The number of rotatable bonds is 0. The standard InChI is InChI=1S/C6H9N/c1-5-2-3-6(5)4-7/h5-6H,2-3H2,1H3/t5-,6+/m1/s1. The molecule has 0 aromatic rings. The predicted molar refractivity (Wildman–Crippen MR) is 27.5 cm³/mol. The fraction of sp³-hybridized carbons (Fsp3) is 0.833. The topological polar surface area (TPSA) is 23.8 Å². The van der Waals surface area contributed by atoms with Crippen LogP contribution in [0.25, 0.3) is 0 Å². The van der Waals surface area contributed by atoms with Crippen LogP contribution in [0.15, 0.2) is 0 Å². The van der Waals surface area contributed by atoms with E-state index in [9.17, 15) is 0 Å². The number of hydrogen-bond donors (Lipinski definition) is 0. The fourth-order valence-electron chi connectivity index (χ4n) is 0.858. The van der Waals surface area contributed by atoms with E-state index in [2.05, 4.69) is 13.0 Å². The Kier molecular flexibility index (Phi) is 1.02. The number of nitrogens with zero attached hydrogens (tertiary/aromatic N) is 1. The van der Waals surface area contributed by atoms with Crippen molar-refractivity contribution in [1.29, 1.82) is 5.26 Å². The largest absolute Gasteiger partial charge is 0.198 e. The van der Waals surface area contributed by atoms with Crippen molar-refractivity contribution in [1.82, 2.24) is 0 Å².